The zero-order valence-electron chi connectivity index (χ0n) is 12.9. The fourth-order valence-electron chi connectivity index (χ4n) is 2.64. The van der Waals surface area contributed by atoms with Gasteiger partial charge >= 0.3 is 0 Å². The molecule has 1 aliphatic rings. The molecule has 1 unspecified atom stereocenters. The first-order valence-corrected chi connectivity index (χ1v) is 7.77. The van der Waals surface area contributed by atoms with Crippen LogP contribution in [0.1, 0.15) is 34.1 Å². The fraction of sp³-hybridized carbons (Fsp3) is 1.00. The zero-order valence-corrected chi connectivity index (χ0v) is 12.9. The van der Waals surface area contributed by atoms with Crippen LogP contribution in [-0.2, 0) is 0 Å². The molecule has 3 nitrogen and oxygen atoms in total. The van der Waals surface area contributed by atoms with E-state index in [-0.39, 0.29) is 0 Å². The van der Waals surface area contributed by atoms with Crippen molar-refractivity contribution in [3.8, 4) is 0 Å². The van der Waals surface area contributed by atoms with Crippen LogP contribution in [0, 0.1) is 11.8 Å². The zero-order chi connectivity index (χ0) is 13.4. The standard InChI is InChI=1S/C15H33N3/c1-5-6-17-7-9-18(10-8-17)13-15(4)12-16-11-14(2)3/h14-16H,5-13H2,1-4H3. The van der Waals surface area contributed by atoms with Crippen molar-refractivity contribution in [1.29, 1.82) is 0 Å². The first-order valence-electron chi connectivity index (χ1n) is 7.77. The lowest BCUT2D eigenvalue weighted by molar-refractivity contribution is 0.120. The van der Waals surface area contributed by atoms with E-state index in [9.17, 15) is 0 Å². The summed E-state index contributed by atoms with van der Waals surface area (Å²) in [5.74, 6) is 1.52. The quantitative estimate of drug-likeness (QED) is 0.714. The van der Waals surface area contributed by atoms with Gasteiger partial charge in [-0.2, -0.15) is 0 Å². The maximum absolute atomic E-state index is 3.57. The van der Waals surface area contributed by atoms with Crippen LogP contribution in [0.25, 0.3) is 0 Å². The minimum absolute atomic E-state index is 0.759. The van der Waals surface area contributed by atoms with Gasteiger partial charge in [-0.15, -0.1) is 0 Å². The first kappa shape index (κ1) is 15.9. The van der Waals surface area contributed by atoms with Gasteiger partial charge in [0.15, 0.2) is 0 Å². The summed E-state index contributed by atoms with van der Waals surface area (Å²) >= 11 is 0. The normalized spacial score (nSPS) is 20.5. The van der Waals surface area contributed by atoms with E-state index in [2.05, 4.69) is 42.8 Å². The molecular weight excluding hydrogens is 222 g/mol. The molecule has 1 aliphatic heterocycles. The monoisotopic (exact) mass is 255 g/mol. The Morgan fingerprint density at radius 2 is 1.56 bits per heavy atom. The van der Waals surface area contributed by atoms with E-state index in [0.717, 1.165) is 24.9 Å². The molecule has 1 fully saturated rings. The number of nitrogens with zero attached hydrogens (tertiary/aromatic N) is 2. The van der Waals surface area contributed by atoms with Gasteiger partial charge in [0.1, 0.15) is 0 Å². The van der Waals surface area contributed by atoms with Gasteiger partial charge in [0.2, 0.25) is 0 Å². The van der Waals surface area contributed by atoms with E-state index in [1.165, 1.54) is 45.7 Å². The third-order valence-corrected chi connectivity index (χ3v) is 3.62. The van der Waals surface area contributed by atoms with Crippen LogP contribution in [0.5, 0.6) is 0 Å². The minimum atomic E-state index is 0.759. The maximum atomic E-state index is 3.57. The number of nitrogens with one attached hydrogen (secondary N) is 1. The van der Waals surface area contributed by atoms with Gasteiger partial charge < -0.3 is 15.1 Å². The first-order chi connectivity index (χ1) is 8.61. The highest BCUT2D eigenvalue weighted by Crippen LogP contribution is 2.06. The lowest BCUT2D eigenvalue weighted by atomic mass is 10.1. The average molecular weight is 255 g/mol. The topological polar surface area (TPSA) is 18.5 Å². The highest BCUT2D eigenvalue weighted by molar-refractivity contribution is 4.73. The van der Waals surface area contributed by atoms with E-state index >= 15 is 0 Å². The molecule has 0 spiro atoms. The molecule has 1 N–H and O–H groups in total. The highest BCUT2D eigenvalue weighted by atomic mass is 15.3. The summed E-state index contributed by atoms with van der Waals surface area (Å²) in [6.45, 7) is 19.1. The van der Waals surface area contributed by atoms with Crippen molar-refractivity contribution in [2.75, 3.05) is 52.4 Å². The Morgan fingerprint density at radius 1 is 0.944 bits per heavy atom. The molecule has 0 amide bonds. The number of hydrogen-bond acceptors (Lipinski definition) is 3. The average Bonchev–Trinajstić information content (AvgIpc) is 2.31. The molecule has 1 rings (SSSR count). The Hall–Kier alpha value is -0.120. The largest absolute Gasteiger partial charge is 0.316 e. The summed E-state index contributed by atoms with van der Waals surface area (Å²) in [5, 5.41) is 3.57. The minimum Gasteiger partial charge on any atom is -0.316 e. The van der Waals surface area contributed by atoms with Crippen LogP contribution in [-0.4, -0.2) is 62.2 Å². The molecule has 0 radical (unpaired) electrons. The molecule has 3 heteroatoms. The van der Waals surface area contributed by atoms with Crippen molar-refractivity contribution in [3.63, 3.8) is 0 Å². The van der Waals surface area contributed by atoms with E-state index < -0.39 is 0 Å². The molecule has 1 heterocycles. The van der Waals surface area contributed by atoms with E-state index in [1.807, 2.05) is 0 Å². The van der Waals surface area contributed by atoms with Gasteiger partial charge in [0.25, 0.3) is 0 Å². The number of rotatable bonds is 8. The van der Waals surface area contributed by atoms with Crippen molar-refractivity contribution in [1.82, 2.24) is 15.1 Å². The van der Waals surface area contributed by atoms with Crippen molar-refractivity contribution in [2.24, 2.45) is 11.8 Å². The van der Waals surface area contributed by atoms with Crippen LogP contribution in [0.2, 0.25) is 0 Å². The van der Waals surface area contributed by atoms with Gasteiger partial charge in [-0.05, 0) is 37.9 Å². The summed E-state index contributed by atoms with van der Waals surface area (Å²) < 4.78 is 0. The van der Waals surface area contributed by atoms with E-state index in [1.54, 1.807) is 0 Å². The van der Waals surface area contributed by atoms with Crippen molar-refractivity contribution in [2.45, 2.75) is 34.1 Å². The van der Waals surface area contributed by atoms with Crippen LogP contribution >= 0.6 is 0 Å². The molecule has 0 bridgehead atoms. The van der Waals surface area contributed by atoms with Gasteiger partial charge in [0, 0.05) is 32.7 Å². The molecular formula is C15H33N3. The van der Waals surface area contributed by atoms with Crippen molar-refractivity contribution < 1.29 is 0 Å². The molecule has 0 aromatic heterocycles. The second-order valence-corrected chi connectivity index (χ2v) is 6.30. The van der Waals surface area contributed by atoms with Crippen LogP contribution in [0.3, 0.4) is 0 Å². The SMILES string of the molecule is CCCN1CCN(CC(C)CNCC(C)C)CC1. The smallest absolute Gasteiger partial charge is 0.0110 e. The number of hydrogen-bond donors (Lipinski definition) is 1. The van der Waals surface area contributed by atoms with Crippen LogP contribution in [0.4, 0.5) is 0 Å². The van der Waals surface area contributed by atoms with Crippen LogP contribution in [0.15, 0.2) is 0 Å². The Kier molecular flexibility index (Phi) is 7.87. The fourth-order valence-corrected chi connectivity index (χ4v) is 2.64. The summed E-state index contributed by atoms with van der Waals surface area (Å²) in [6.07, 6.45) is 1.29. The predicted octanol–water partition coefficient (Wildman–Crippen LogP) is 1.90. The second-order valence-electron chi connectivity index (χ2n) is 6.30. The Bertz CT molecular complexity index is 198. The molecule has 108 valence electrons. The Morgan fingerprint density at radius 3 is 2.11 bits per heavy atom. The lowest BCUT2D eigenvalue weighted by Gasteiger charge is -2.35. The second kappa shape index (κ2) is 8.89. The van der Waals surface area contributed by atoms with E-state index in [0.29, 0.717) is 0 Å². The molecule has 0 saturated carbocycles. The molecule has 0 aromatic carbocycles. The lowest BCUT2D eigenvalue weighted by Crippen LogP contribution is -2.48. The van der Waals surface area contributed by atoms with Gasteiger partial charge in [-0.3, -0.25) is 0 Å². The Labute approximate surface area is 114 Å². The molecule has 18 heavy (non-hydrogen) atoms. The molecule has 1 atom stereocenters. The summed E-state index contributed by atoms with van der Waals surface area (Å²) in [5.41, 5.74) is 0. The van der Waals surface area contributed by atoms with Crippen molar-refractivity contribution >= 4 is 0 Å². The van der Waals surface area contributed by atoms with Crippen molar-refractivity contribution in [3.05, 3.63) is 0 Å². The summed E-state index contributed by atoms with van der Waals surface area (Å²) in [7, 11) is 0. The van der Waals surface area contributed by atoms with Gasteiger partial charge in [-0.25, -0.2) is 0 Å². The molecule has 0 aromatic rings. The predicted molar refractivity (Wildman–Crippen MR) is 80.0 cm³/mol. The maximum Gasteiger partial charge on any atom is 0.0110 e. The van der Waals surface area contributed by atoms with E-state index in [4.69, 9.17) is 0 Å². The van der Waals surface area contributed by atoms with Gasteiger partial charge in [-0.1, -0.05) is 27.7 Å². The van der Waals surface area contributed by atoms with Crippen LogP contribution < -0.4 is 5.32 Å². The third kappa shape index (κ3) is 6.72. The number of piperazine rings is 1. The molecule has 1 saturated heterocycles. The summed E-state index contributed by atoms with van der Waals surface area (Å²) in [6, 6.07) is 0. The Balaban J connectivity index is 2.08. The summed E-state index contributed by atoms with van der Waals surface area (Å²) in [4.78, 5) is 5.23. The third-order valence-electron chi connectivity index (χ3n) is 3.62. The van der Waals surface area contributed by atoms with Gasteiger partial charge in [0.05, 0.1) is 0 Å². The molecule has 0 aliphatic carbocycles. The highest BCUT2D eigenvalue weighted by Gasteiger charge is 2.17.